The summed E-state index contributed by atoms with van der Waals surface area (Å²) in [5.41, 5.74) is 5.26. The minimum atomic E-state index is -4.53. The van der Waals surface area contributed by atoms with Gasteiger partial charge in [-0.15, -0.1) is 0 Å². The second kappa shape index (κ2) is 8.07. The Labute approximate surface area is 168 Å². The highest BCUT2D eigenvalue weighted by Crippen LogP contribution is 2.33. The molecular weight excluding hydrogens is 401 g/mol. The number of anilines is 3. The van der Waals surface area contributed by atoms with Crippen LogP contribution in [0.5, 0.6) is 0 Å². The number of nitrogens with zero attached hydrogens (tertiary/aromatic N) is 4. The third kappa shape index (κ3) is 4.46. The van der Waals surface area contributed by atoms with Crippen molar-refractivity contribution in [2.45, 2.75) is 6.18 Å². The average Bonchev–Trinajstić information content (AvgIpc) is 2.69. The minimum Gasteiger partial charge on any atom is -0.494 e. The van der Waals surface area contributed by atoms with Crippen LogP contribution in [0.15, 0.2) is 67.5 Å². The number of pyridine rings is 1. The smallest absolute Gasteiger partial charge is 0.416 e. The van der Waals surface area contributed by atoms with Gasteiger partial charge in [0.2, 0.25) is 0 Å². The number of benzene rings is 1. The van der Waals surface area contributed by atoms with Gasteiger partial charge in [0.1, 0.15) is 0 Å². The molecule has 3 aromatic rings. The van der Waals surface area contributed by atoms with E-state index in [1.54, 1.807) is 0 Å². The van der Waals surface area contributed by atoms with E-state index in [9.17, 15) is 23.1 Å². The van der Waals surface area contributed by atoms with Gasteiger partial charge >= 0.3 is 12.2 Å². The zero-order valence-corrected chi connectivity index (χ0v) is 15.3. The molecule has 30 heavy (non-hydrogen) atoms. The summed E-state index contributed by atoms with van der Waals surface area (Å²) in [6.07, 6.45) is -0.522. The molecule has 2 heterocycles. The molecule has 4 N–H and O–H groups in total. The number of urea groups is 1. The summed E-state index contributed by atoms with van der Waals surface area (Å²) >= 11 is 0. The summed E-state index contributed by atoms with van der Waals surface area (Å²) < 4.78 is 39.1. The van der Waals surface area contributed by atoms with Crippen molar-refractivity contribution in [3.63, 3.8) is 0 Å². The number of nitrogen functional groups attached to an aromatic ring is 1. The first kappa shape index (κ1) is 20.6. The summed E-state index contributed by atoms with van der Waals surface area (Å²) in [6, 6.07) is 6.35. The predicted octanol–water partition coefficient (Wildman–Crippen LogP) is 4.21. The van der Waals surface area contributed by atoms with E-state index < -0.39 is 23.7 Å². The van der Waals surface area contributed by atoms with Crippen LogP contribution in [0.1, 0.15) is 5.56 Å². The van der Waals surface area contributed by atoms with Gasteiger partial charge in [-0.25, -0.2) is 19.7 Å². The number of carbonyl (C=O) groups excluding carboxylic acids is 1. The van der Waals surface area contributed by atoms with Crippen LogP contribution in [-0.2, 0) is 6.18 Å². The van der Waals surface area contributed by atoms with E-state index in [2.05, 4.69) is 26.8 Å². The van der Waals surface area contributed by atoms with Crippen LogP contribution >= 0.6 is 0 Å². The molecule has 1 aromatic carbocycles. The van der Waals surface area contributed by atoms with Gasteiger partial charge in [0.25, 0.3) is 0 Å². The second-order valence-electron chi connectivity index (χ2n) is 5.96. The zero-order chi connectivity index (χ0) is 21.9. The molecule has 0 radical (unpaired) electrons. The molecule has 0 aliphatic heterocycles. The van der Waals surface area contributed by atoms with Gasteiger partial charge in [-0.2, -0.15) is 13.2 Å². The molecule has 0 atom stereocenters. The number of alkyl halides is 3. The van der Waals surface area contributed by atoms with Gasteiger partial charge in [0.05, 0.1) is 23.1 Å². The maximum absolute atomic E-state index is 13.0. The fourth-order valence-corrected chi connectivity index (χ4v) is 2.52. The number of halogens is 3. The van der Waals surface area contributed by atoms with Crippen LogP contribution in [0, 0.1) is 0 Å². The molecule has 2 amide bonds. The monoisotopic (exact) mass is 416 g/mol. The quantitative estimate of drug-likeness (QED) is 0.549. The Morgan fingerprint density at radius 1 is 1.20 bits per heavy atom. The third-order valence-corrected chi connectivity index (χ3v) is 3.86. The Balaban J connectivity index is 2.00. The Kier molecular flexibility index (Phi) is 5.54. The molecule has 0 aliphatic carbocycles. The summed E-state index contributed by atoms with van der Waals surface area (Å²) in [6.45, 7) is 3.32. The summed E-state index contributed by atoms with van der Waals surface area (Å²) in [5.74, 6) is -0.850. The third-order valence-electron chi connectivity index (χ3n) is 3.86. The van der Waals surface area contributed by atoms with Crippen LogP contribution in [0.25, 0.3) is 11.3 Å². The fourth-order valence-electron chi connectivity index (χ4n) is 2.52. The standard InChI is InChI=1S/C19H15F3N6O2/c1-11(29)28(18(30)27-16-10-24-7-8-25-16)17-14(23)5-6-15(26-17)12-3-2-4-13(9-12)19(20,21)22/h2-10,29H,1,23H2,(H,25,27,30). The molecule has 8 nitrogen and oxygen atoms in total. The number of amides is 2. The Morgan fingerprint density at radius 3 is 2.60 bits per heavy atom. The van der Waals surface area contributed by atoms with Crippen molar-refractivity contribution in [3.8, 4) is 11.3 Å². The van der Waals surface area contributed by atoms with Crippen molar-refractivity contribution >= 4 is 23.4 Å². The number of hydrogen-bond acceptors (Lipinski definition) is 6. The number of aromatic nitrogens is 3. The van der Waals surface area contributed by atoms with Crippen molar-refractivity contribution < 1.29 is 23.1 Å². The first-order valence-electron chi connectivity index (χ1n) is 8.36. The maximum atomic E-state index is 13.0. The highest BCUT2D eigenvalue weighted by molar-refractivity contribution is 6.04. The molecule has 0 unspecified atom stereocenters. The van der Waals surface area contributed by atoms with Crippen LogP contribution in [0.4, 0.5) is 35.3 Å². The average molecular weight is 416 g/mol. The number of aliphatic hydroxyl groups is 1. The Bertz CT molecular complexity index is 1090. The molecular formula is C19H15F3N6O2. The van der Waals surface area contributed by atoms with Crippen molar-refractivity contribution in [1.82, 2.24) is 15.0 Å². The molecule has 0 saturated carbocycles. The SMILES string of the molecule is C=C(O)N(C(=O)Nc1cnccn1)c1nc(-c2cccc(C(F)(F)F)c2)ccc1N. The lowest BCUT2D eigenvalue weighted by molar-refractivity contribution is -0.137. The highest BCUT2D eigenvalue weighted by atomic mass is 19.4. The van der Waals surface area contributed by atoms with E-state index in [-0.39, 0.29) is 28.6 Å². The summed E-state index contributed by atoms with van der Waals surface area (Å²) in [4.78, 5) is 25.1. The Hall–Kier alpha value is -4.15. The van der Waals surface area contributed by atoms with E-state index in [1.807, 2.05) is 0 Å². The zero-order valence-electron chi connectivity index (χ0n) is 15.3. The lowest BCUT2D eigenvalue weighted by atomic mass is 10.1. The molecule has 2 aromatic heterocycles. The van der Waals surface area contributed by atoms with Gasteiger partial charge in [-0.3, -0.25) is 10.3 Å². The molecule has 11 heteroatoms. The molecule has 0 saturated heterocycles. The lowest BCUT2D eigenvalue weighted by Gasteiger charge is -2.22. The van der Waals surface area contributed by atoms with E-state index in [0.717, 1.165) is 12.1 Å². The van der Waals surface area contributed by atoms with Gasteiger partial charge < -0.3 is 10.8 Å². The van der Waals surface area contributed by atoms with E-state index in [4.69, 9.17) is 5.73 Å². The van der Waals surface area contributed by atoms with E-state index in [1.165, 1.54) is 42.9 Å². The number of nitrogens with one attached hydrogen (secondary N) is 1. The van der Waals surface area contributed by atoms with E-state index in [0.29, 0.717) is 4.90 Å². The van der Waals surface area contributed by atoms with Crippen molar-refractivity contribution in [2.24, 2.45) is 0 Å². The minimum absolute atomic E-state index is 0.0183. The largest absolute Gasteiger partial charge is 0.494 e. The number of carbonyl (C=O) groups is 1. The van der Waals surface area contributed by atoms with Crippen LogP contribution in [0.3, 0.4) is 0 Å². The normalized spacial score (nSPS) is 11.0. The molecule has 0 bridgehead atoms. The van der Waals surface area contributed by atoms with Crippen LogP contribution in [-0.4, -0.2) is 26.1 Å². The molecule has 3 rings (SSSR count). The van der Waals surface area contributed by atoms with Gasteiger partial charge in [-0.1, -0.05) is 12.1 Å². The fraction of sp³-hybridized carbons (Fsp3) is 0.0526. The predicted molar refractivity (Wildman–Crippen MR) is 104 cm³/mol. The topological polar surface area (TPSA) is 117 Å². The first-order chi connectivity index (χ1) is 14.2. The van der Waals surface area contributed by atoms with Crippen LogP contribution in [0.2, 0.25) is 0 Å². The van der Waals surface area contributed by atoms with Crippen molar-refractivity contribution in [2.75, 3.05) is 16.0 Å². The second-order valence-corrected chi connectivity index (χ2v) is 5.96. The molecule has 0 spiro atoms. The molecule has 0 aliphatic rings. The number of aliphatic hydroxyl groups excluding tert-OH is 1. The number of nitrogens with two attached hydrogens (primary N) is 1. The van der Waals surface area contributed by atoms with Gasteiger partial charge in [0, 0.05) is 18.0 Å². The Morgan fingerprint density at radius 2 is 1.97 bits per heavy atom. The summed E-state index contributed by atoms with van der Waals surface area (Å²) in [7, 11) is 0. The maximum Gasteiger partial charge on any atom is 0.416 e. The number of rotatable bonds is 4. The molecule has 154 valence electrons. The van der Waals surface area contributed by atoms with E-state index >= 15 is 0 Å². The van der Waals surface area contributed by atoms with Gasteiger partial charge in [0.15, 0.2) is 17.5 Å². The first-order valence-corrected chi connectivity index (χ1v) is 8.36. The highest BCUT2D eigenvalue weighted by Gasteiger charge is 2.31. The van der Waals surface area contributed by atoms with Crippen LogP contribution < -0.4 is 16.0 Å². The molecule has 0 fully saturated rings. The van der Waals surface area contributed by atoms with Gasteiger partial charge in [-0.05, 0) is 30.8 Å². The lowest BCUT2D eigenvalue weighted by Crippen LogP contribution is -2.35. The number of hydrogen-bond donors (Lipinski definition) is 3. The van der Waals surface area contributed by atoms with Crippen molar-refractivity contribution in [1.29, 1.82) is 0 Å². The van der Waals surface area contributed by atoms with Crippen molar-refractivity contribution in [3.05, 3.63) is 73.0 Å². The summed E-state index contributed by atoms with van der Waals surface area (Å²) in [5, 5.41) is 12.3.